The summed E-state index contributed by atoms with van der Waals surface area (Å²) in [6, 6.07) is -5.02. The topological polar surface area (TPSA) is 716 Å². The molecular weight excluding hydrogens is 1450 g/mol. The SMILES string of the molecule is CC(C)[C@H](NC(=O)CNC(=O)[C@@H]1CCC(=O)N1)C(=O)N[C@@H](CC(N)=O)C(=O)N[C@@H](CC(=O)O)C(=O)N[C@@H](CC(N)=O)C(=O)N[C@@H](CCC(=O)O)C(=O)N[C@@H](CCC(=O)O)C(=O)NCC(=O)N[C@@H](Cc1ccccc1)C(=O)N[C@@H](Cc1ccccc1)C(=O)N[C@@H](CO)C(=O)N[C@@H](C)C(=O)N[C@@H](CCC[N+](=N)N)C(=O)O. The van der Waals surface area contributed by atoms with Crippen LogP contribution in [0.4, 0.5) is 0 Å². The molecule has 44 nitrogen and oxygen atoms in total. The lowest BCUT2D eigenvalue weighted by Crippen LogP contribution is -2.61. The van der Waals surface area contributed by atoms with Crippen molar-refractivity contribution in [1.29, 1.82) is 5.53 Å². The number of hydrogen-bond acceptors (Lipinski definition) is 22. The van der Waals surface area contributed by atoms with Gasteiger partial charge >= 0.3 is 23.9 Å². The molecular formula is C65H92N19O25+. The van der Waals surface area contributed by atoms with Gasteiger partial charge in [0.2, 0.25) is 94.5 Å². The number of hydrazine groups is 1. The van der Waals surface area contributed by atoms with Crippen molar-refractivity contribution in [2.75, 3.05) is 26.2 Å². The van der Waals surface area contributed by atoms with Gasteiger partial charge in [-0.2, -0.15) is 5.84 Å². The van der Waals surface area contributed by atoms with Crippen molar-refractivity contribution in [3.8, 4) is 0 Å². The largest absolute Gasteiger partial charge is 0.481 e. The summed E-state index contributed by atoms with van der Waals surface area (Å²) in [6.07, 6.45) is -7.43. The molecule has 0 spiro atoms. The highest BCUT2D eigenvalue weighted by molar-refractivity contribution is 6.02. The van der Waals surface area contributed by atoms with Crippen LogP contribution in [0.25, 0.3) is 0 Å². The van der Waals surface area contributed by atoms with Gasteiger partial charge in [-0.3, -0.25) is 91.1 Å². The average molecular weight is 1540 g/mol. The van der Waals surface area contributed by atoms with E-state index in [-0.39, 0.29) is 45.1 Å². The third kappa shape index (κ3) is 33.9. The second-order valence-corrected chi connectivity index (χ2v) is 25.3. The molecule has 0 radical (unpaired) electrons. The summed E-state index contributed by atoms with van der Waals surface area (Å²) in [4.78, 5) is 262. The molecule has 1 fully saturated rings. The minimum Gasteiger partial charge on any atom is -0.481 e. The van der Waals surface area contributed by atoms with Crippen molar-refractivity contribution in [2.45, 2.75) is 177 Å². The van der Waals surface area contributed by atoms with Crippen LogP contribution in [-0.4, -0.2) is 247 Å². The molecule has 1 saturated heterocycles. The zero-order valence-corrected chi connectivity index (χ0v) is 59.4. The van der Waals surface area contributed by atoms with Gasteiger partial charge in [0.05, 0.1) is 39.0 Å². The Balaban J connectivity index is 1.86. The quantitative estimate of drug-likeness (QED) is 0.0127. The Labute approximate surface area is 620 Å². The van der Waals surface area contributed by atoms with E-state index in [9.17, 15) is 121 Å². The van der Waals surface area contributed by atoms with Crippen LogP contribution in [0.1, 0.15) is 103 Å². The van der Waals surface area contributed by atoms with E-state index in [0.717, 1.165) is 0 Å². The fourth-order valence-electron chi connectivity index (χ4n) is 10.3. The molecule has 109 heavy (non-hydrogen) atoms. The van der Waals surface area contributed by atoms with Crippen molar-refractivity contribution in [3.05, 3.63) is 71.8 Å². The Kier molecular flexibility index (Phi) is 37.8. The standard InChI is InChI=1S/C65H91N19O25/c1-31(2)53(83-49(90)29-71-55(98)35-16-19-47(88)73-35)64(107)81-42(26-46(67)87)61(104)80-43(27-52(95)96)62(105)79-41(25-45(66)86)60(103)76-37(18-21-51(93)94)57(100)75-36(17-20-50(91)92)56(99)70-28-48(89)74-39(23-33-11-6-4-7-12-33)58(101)78-40(24-34-13-8-5-9-14-34)59(102)82-44(30-85)63(106)72-32(3)54(97)77-38(65(108)109)15-10-22-84(68)69/h4-9,11-14,31-32,35-44,53,85H,10,15-30H2,1-3H3,(H24-,66,67,68,69,70,71,72,73,74,75,76,77,78,79,80,81,82,83,86,87,88,89,90,91,92,93,94,95,96,97,98,99,100,101,102,103,104,105,106,107,108,109)/p+1/t32-,35-,36-,37-,38-,39-,40-,41-,42-,43-,44-,53-/m0/s1. The van der Waals surface area contributed by atoms with Gasteiger partial charge in [0, 0.05) is 38.5 Å². The second-order valence-electron chi connectivity index (χ2n) is 25.3. The summed E-state index contributed by atoms with van der Waals surface area (Å²) in [6.45, 7) is 1.22. The lowest BCUT2D eigenvalue weighted by molar-refractivity contribution is -0.626. The van der Waals surface area contributed by atoms with Crippen molar-refractivity contribution >= 4 is 118 Å². The summed E-state index contributed by atoms with van der Waals surface area (Å²) in [7, 11) is 0. The molecule has 0 saturated carbocycles. The van der Waals surface area contributed by atoms with Gasteiger partial charge in [-0.15, -0.1) is 0 Å². The zero-order chi connectivity index (χ0) is 81.8. The van der Waals surface area contributed by atoms with Crippen LogP contribution in [0.2, 0.25) is 0 Å². The Morgan fingerprint density at radius 3 is 1.32 bits per heavy atom. The number of aliphatic hydroxyl groups excluding tert-OH is 1. The first-order valence-corrected chi connectivity index (χ1v) is 33.8. The highest BCUT2D eigenvalue weighted by Gasteiger charge is 2.38. The van der Waals surface area contributed by atoms with E-state index in [4.69, 9.17) is 22.8 Å². The van der Waals surface area contributed by atoms with Crippen LogP contribution in [0, 0.1) is 11.4 Å². The highest BCUT2D eigenvalue weighted by atomic mass is 16.4. The summed E-state index contributed by atoms with van der Waals surface area (Å²) in [5.41, 5.74) is 18.9. The maximum atomic E-state index is 14.4. The molecule has 12 atom stereocenters. The highest BCUT2D eigenvalue weighted by Crippen LogP contribution is 2.13. The number of amides is 16. The Bertz CT molecular complexity index is 3680. The Morgan fingerprint density at radius 1 is 0.477 bits per heavy atom. The number of nitrogens with zero attached hydrogens (tertiary/aromatic N) is 1. The van der Waals surface area contributed by atoms with Gasteiger partial charge in [-0.1, -0.05) is 74.5 Å². The number of carbonyl (C=O) groups is 20. The number of aliphatic carboxylic acids is 4. The van der Waals surface area contributed by atoms with Crippen LogP contribution >= 0.6 is 0 Å². The summed E-state index contributed by atoms with van der Waals surface area (Å²) in [5.74, 6) is -20.3. The van der Waals surface area contributed by atoms with Gasteiger partial charge in [-0.05, 0) is 60.0 Å². The predicted octanol–water partition coefficient (Wildman–Crippen LogP) is -9.28. The number of rotatable bonds is 49. The number of benzene rings is 2. The van der Waals surface area contributed by atoms with Crippen molar-refractivity contribution in [2.24, 2.45) is 23.2 Å². The summed E-state index contributed by atoms with van der Waals surface area (Å²) < 4.78 is 0. The van der Waals surface area contributed by atoms with E-state index in [1.165, 1.54) is 20.8 Å². The van der Waals surface area contributed by atoms with Crippen LogP contribution < -0.4 is 91.7 Å². The average Bonchev–Trinajstić information content (AvgIpc) is 1.57. The number of carboxylic acids is 4. The zero-order valence-electron chi connectivity index (χ0n) is 59.4. The second kappa shape index (κ2) is 45.5. The molecule has 0 aliphatic carbocycles. The van der Waals surface area contributed by atoms with Crippen molar-refractivity contribution in [1.82, 2.24) is 74.4 Å². The van der Waals surface area contributed by atoms with Gasteiger partial charge in [-0.25, -0.2) is 4.79 Å². The van der Waals surface area contributed by atoms with E-state index in [1.807, 2.05) is 10.6 Å². The molecule has 596 valence electrons. The first-order valence-electron chi connectivity index (χ1n) is 33.8. The first kappa shape index (κ1) is 90.4. The molecule has 2 aromatic rings. The van der Waals surface area contributed by atoms with E-state index in [2.05, 4.69) is 63.8 Å². The third-order valence-corrected chi connectivity index (χ3v) is 16.0. The van der Waals surface area contributed by atoms with Gasteiger partial charge in [0.25, 0.3) is 0 Å². The predicted molar refractivity (Wildman–Crippen MR) is 369 cm³/mol. The van der Waals surface area contributed by atoms with E-state index in [0.29, 0.717) is 15.9 Å². The molecule has 0 bridgehead atoms. The molecule has 1 aliphatic heterocycles. The molecule has 1 aliphatic rings. The van der Waals surface area contributed by atoms with Crippen LogP contribution in [0.5, 0.6) is 0 Å². The number of primary amides is 2. The van der Waals surface area contributed by atoms with E-state index < -0.39 is 261 Å². The number of carboxylic acid groups (broad SMARTS) is 4. The maximum Gasteiger partial charge on any atom is 0.326 e. The van der Waals surface area contributed by atoms with Crippen LogP contribution in [0.15, 0.2) is 60.7 Å². The summed E-state index contributed by atoms with van der Waals surface area (Å²) >= 11 is 0. The molecule has 1 heterocycles. The molecule has 0 unspecified atom stereocenters. The van der Waals surface area contributed by atoms with Gasteiger partial charge < -0.3 is 111 Å². The Morgan fingerprint density at radius 2 is 0.881 bits per heavy atom. The lowest BCUT2D eigenvalue weighted by Gasteiger charge is -2.27. The lowest BCUT2D eigenvalue weighted by atomic mass is 10.0. The molecule has 44 heteroatoms. The van der Waals surface area contributed by atoms with Gasteiger partial charge in [0.1, 0.15) is 72.5 Å². The normalized spacial score (nSPS) is 15.2. The molecule has 3 rings (SSSR count). The smallest absolute Gasteiger partial charge is 0.326 e. The van der Waals surface area contributed by atoms with Crippen molar-refractivity contribution in [3.63, 3.8) is 0 Å². The Hall–Kier alpha value is -12.8. The number of nitrogens with two attached hydrogens (primary N) is 3. The minimum atomic E-state index is -2.27. The monoisotopic (exact) mass is 1540 g/mol. The fraction of sp³-hybridized carbons (Fsp3) is 0.508. The van der Waals surface area contributed by atoms with Gasteiger partial charge in [0.15, 0.2) is 6.54 Å². The summed E-state index contributed by atoms with van der Waals surface area (Å²) in [5, 5.41) is 80.3. The number of nitrogens with one attached hydrogen (secondary N) is 15. The number of hydrogen-bond donors (Lipinski definition) is 23. The molecule has 2 aromatic carbocycles. The fourth-order valence-corrected chi connectivity index (χ4v) is 10.3. The van der Waals surface area contributed by atoms with E-state index in [1.54, 1.807) is 60.7 Å². The molecule has 26 N–H and O–H groups in total. The number of aliphatic hydroxyl groups is 1. The first-order chi connectivity index (χ1) is 51.3. The number of carbonyl (C=O) groups excluding carboxylic acids is 16. The van der Waals surface area contributed by atoms with Crippen LogP contribution in [0.3, 0.4) is 0 Å². The third-order valence-electron chi connectivity index (χ3n) is 16.0. The van der Waals surface area contributed by atoms with E-state index >= 15 is 0 Å². The molecule has 0 aromatic heterocycles. The minimum absolute atomic E-state index is 0.0453. The maximum absolute atomic E-state index is 14.4. The van der Waals surface area contributed by atoms with Crippen LogP contribution in [-0.2, 0) is 109 Å². The molecule has 16 amide bonds. The van der Waals surface area contributed by atoms with Crippen molar-refractivity contribution < 1.29 is 126 Å².